The maximum atomic E-state index is 12.3. The zero-order valence-electron chi connectivity index (χ0n) is 13.3. The van der Waals surface area contributed by atoms with Gasteiger partial charge in [0.25, 0.3) is 5.91 Å². The summed E-state index contributed by atoms with van der Waals surface area (Å²) in [5.74, 6) is 0.137. The van der Waals surface area contributed by atoms with Gasteiger partial charge in [-0.1, -0.05) is 12.1 Å². The Kier molecular flexibility index (Phi) is 6.11. The highest BCUT2D eigenvalue weighted by Crippen LogP contribution is 2.08. The van der Waals surface area contributed by atoms with Gasteiger partial charge in [0.2, 0.25) is 10.0 Å². The maximum absolute atomic E-state index is 12.3. The van der Waals surface area contributed by atoms with E-state index in [9.17, 15) is 13.2 Å². The minimum Gasteiger partial charge on any atom is -0.378 e. The second-order valence-corrected chi connectivity index (χ2v) is 7.25. The van der Waals surface area contributed by atoms with Gasteiger partial charge in [0, 0.05) is 19.5 Å². The van der Waals surface area contributed by atoms with Gasteiger partial charge in [-0.05, 0) is 24.6 Å². The summed E-state index contributed by atoms with van der Waals surface area (Å²) in [6, 6.07) is 6.39. The molecular weight excluding hydrogens is 318 g/mol. The van der Waals surface area contributed by atoms with Crippen molar-refractivity contribution in [3.63, 3.8) is 0 Å². The van der Waals surface area contributed by atoms with Crippen LogP contribution in [0.4, 0.5) is 0 Å². The number of quaternary nitrogens is 1. The van der Waals surface area contributed by atoms with E-state index in [0.29, 0.717) is 26.3 Å². The lowest BCUT2D eigenvalue weighted by Gasteiger charge is -2.28. The number of rotatable bonds is 6. The van der Waals surface area contributed by atoms with Crippen molar-refractivity contribution in [3.05, 3.63) is 29.8 Å². The predicted octanol–water partition coefficient (Wildman–Crippen LogP) is -1.31. The number of hydrogen-bond acceptors (Lipinski definition) is 4. The summed E-state index contributed by atoms with van der Waals surface area (Å²) in [4.78, 5) is 14.2. The number of sulfonamides is 1. The molecule has 8 heteroatoms. The third-order valence-corrected chi connectivity index (χ3v) is 4.85. The number of hydrogen-bond donors (Lipinski definition) is 2. The van der Waals surface area contributed by atoms with E-state index < -0.39 is 10.0 Å². The Hall–Kier alpha value is -1.48. The summed E-state index contributed by atoms with van der Waals surface area (Å²) in [6.45, 7) is 5.19. The van der Waals surface area contributed by atoms with Crippen LogP contribution in [0.15, 0.2) is 29.2 Å². The Morgan fingerprint density at radius 2 is 1.91 bits per heavy atom. The molecule has 0 saturated carbocycles. The van der Waals surface area contributed by atoms with Crippen LogP contribution in [0.3, 0.4) is 0 Å². The summed E-state index contributed by atoms with van der Waals surface area (Å²) in [5.41, 5.74) is 1.01. The van der Waals surface area contributed by atoms with Gasteiger partial charge < -0.3 is 15.0 Å². The van der Waals surface area contributed by atoms with Crippen molar-refractivity contribution in [1.82, 2.24) is 4.90 Å². The molecule has 7 nitrogen and oxygen atoms in total. The molecule has 0 aliphatic carbocycles. The number of amides is 1. The number of nitrogens with two attached hydrogens (primary N) is 2. The number of ether oxygens (including phenoxy) is 1. The Balaban J connectivity index is 1.78. The molecule has 2 rings (SSSR count). The first-order chi connectivity index (χ1) is 10.9. The van der Waals surface area contributed by atoms with Crippen LogP contribution in [-0.4, -0.2) is 58.1 Å². The molecule has 0 unspecified atom stereocenters. The molecule has 128 valence electrons. The van der Waals surface area contributed by atoms with E-state index in [0.717, 1.165) is 18.5 Å². The van der Waals surface area contributed by atoms with Gasteiger partial charge in [0.15, 0.2) is 6.04 Å². The first-order valence-electron chi connectivity index (χ1n) is 7.69. The van der Waals surface area contributed by atoms with Crippen LogP contribution in [0.25, 0.3) is 0 Å². The lowest BCUT2D eigenvalue weighted by Crippen LogP contribution is -2.92. The van der Waals surface area contributed by atoms with Crippen molar-refractivity contribution >= 4 is 15.9 Å². The van der Waals surface area contributed by atoms with Crippen molar-refractivity contribution in [1.29, 1.82) is 0 Å². The van der Waals surface area contributed by atoms with Crippen molar-refractivity contribution in [2.24, 2.45) is 5.14 Å². The predicted molar refractivity (Wildman–Crippen MR) is 85.2 cm³/mol. The summed E-state index contributed by atoms with van der Waals surface area (Å²) in [7, 11) is -3.65. The monoisotopic (exact) mass is 342 g/mol. The highest BCUT2D eigenvalue weighted by Gasteiger charge is 2.24. The zero-order chi connectivity index (χ0) is 16.9. The number of carbonyl (C=O) groups is 1. The Bertz CT molecular complexity index is 625. The molecule has 1 heterocycles. The van der Waals surface area contributed by atoms with E-state index in [-0.39, 0.29) is 16.8 Å². The van der Waals surface area contributed by atoms with Crippen LogP contribution in [0.2, 0.25) is 0 Å². The maximum Gasteiger partial charge on any atom is 0.280 e. The molecular formula is C15H24N3O4S+. The van der Waals surface area contributed by atoms with E-state index in [4.69, 9.17) is 9.88 Å². The molecule has 1 aliphatic heterocycles. The van der Waals surface area contributed by atoms with Gasteiger partial charge in [-0.25, -0.2) is 13.6 Å². The average Bonchev–Trinajstić information content (AvgIpc) is 2.54. The van der Waals surface area contributed by atoms with Crippen molar-refractivity contribution < 1.29 is 23.3 Å². The van der Waals surface area contributed by atoms with E-state index >= 15 is 0 Å². The summed E-state index contributed by atoms with van der Waals surface area (Å²) < 4.78 is 27.6. The smallest absolute Gasteiger partial charge is 0.280 e. The molecule has 1 aromatic rings. The fraction of sp³-hybridized carbons (Fsp3) is 0.533. The lowest BCUT2D eigenvalue weighted by atomic mass is 10.1. The van der Waals surface area contributed by atoms with Crippen molar-refractivity contribution in [2.45, 2.75) is 24.3 Å². The number of benzene rings is 1. The standard InChI is InChI=1S/C15H23N3O4S/c1-12(15(19)18-8-10-22-11-9-18)17-7-6-13-2-4-14(5-3-13)23(16,20)21/h2-5,12,17H,6-11H2,1H3,(H2,16,20,21)/p+1/t12-/m0/s1. The van der Waals surface area contributed by atoms with E-state index in [1.54, 1.807) is 12.1 Å². The van der Waals surface area contributed by atoms with Gasteiger partial charge >= 0.3 is 0 Å². The molecule has 23 heavy (non-hydrogen) atoms. The lowest BCUT2D eigenvalue weighted by molar-refractivity contribution is -0.673. The fourth-order valence-corrected chi connectivity index (χ4v) is 3.03. The molecule has 1 fully saturated rings. The second-order valence-electron chi connectivity index (χ2n) is 5.69. The van der Waals surface area contributed by atoms with E-state index in [1.165, 1.54) is 12.1 Å². The Morgan fingerprint density at radius 1 is 1.30 bits per heavy atom. The second kappa shape index (κ2) is 7.87. The molecule has 1 atom stereocenters. The van der Waals surface area contributed by atoms with Gasteiger partial charge in [0.1, 0.15) is 0 Å². The fourth-order valence-electron chi connectivity index (χ4n) is 2.52. The SMILES string of the molecule is C[C@H]([NH2+]CCc1ccc(S(N)(=O)=O)cc1)C(=O)N1CCOCC1. The van der Waals surface area contributed by atoms with Crippen LogP contribution in [0.1, 0.15) is 12.5 Å². The van der Waals surface area contributed by atoms with Crippen LogP contribution in [-0.2, 0) is 26.0 Å². The van der Waals surface area contributed by atoms with E-state index in [1.807, 2.05) is 17.1 Å². The molecule has 4 N–H and O–H groups in total. The third kappa shape index (κ3) is 5.28. The zero-order valence-corrected chi connectivity index (χ0v) is 14.1. The number of nitrogens with zero attached hydrogens (tertiary/aromatic N) is 1. The van der Waals surface area contributed by atoms with Crippen LogP contribution in [0, 0.1) is 0 Å². The molecule has 0 bridgehead atoms. The van der Waals surface area contributed by atoms with Gasteiger partial charge in [-0.15, -0.1) is 0 Å². The third-order valence-electron chi connectivity index (χ3n) is 3.92. The molecule has 0 spiro atoms. The molecule has 1 aromatic carbocycles. The summed E-state index contributed by atoms with van der Waals surface area (Å²) in [5, 5.41) is 7.07. The quantitative estimate of drug-likeness (QED) is 0.669. The topological polar surface area (TPSA) is 106 Å². The Labute approximate surface area is 136 Å². The Morgan fingerprint density at radius 3 is 2.48 bits per heavy atom. The van der Waals surface area contributed by atoms with Crippen LogP contribution >= 0.6 is 0 Å². The highest BCUT2D eigenvalue weighted by atomic mass is 32.2. The summed E-state index contributed by atoms with van der Waals surface area (Å²) in [6.07, 6.45) is 0.756. The van der Waals surface area contributed by atoms with Crippen LogP contribution in [0.5, 0.6) is 0 Å². The van der Waals surface area contributed by atoms with Crippen molar-refractivity contribution in [3.8, 4) is 0 Å². The first kappa shape index (κ1) is 17.9. The summed E-state index contributed by atoms with van der Waals surface area (Å²) >= 11 is 0. The molecule has 1 saturated heterocycles. The first-order valence-corrected chi connectivity index (χ1v) is 9.24. The number of carbonyl (C=O) groups excluding carboxylic acids is 1. The minimum absolute atomic E-state index is 0.112. The van der Waals surface area contributed by atoms with Gasteiger partial charge in [0.05, 0.1) is 24.7 Å². The number of primary sulfonamides is 1. The average molecular weight is 342 g/mol. The molecule has 1 aliphatic rings. The minimum atomic E-state index is -3.65. The van der Waals surface area contributed by atoms with Crippen LogP contribution < -0.4 is 10.5 Å². The molecule has 0 radical (unpaired) electrons. The normalized spacial score (nSPS) is 17.0. The van der Waals surface area contributed by atoms with Gasteiger partial charge in [-0.3, -0.25) is 4.79 Å². The number of morpholine rings is 1. The molecule has 1 amide bonds. The molecule has 0 aromatic heterocycles. The largest absolute Gasteiger partial charge is 0.378 e. The van der Waals surface area contributed by atoms with Crippen molar-refractivity contribution in [2.75, 3.05) is 32.8 Å². The van der Waals surface area contributed by atoms with Gasteiger partial charge in [-0.2, -0.15) is 0 Å². The van der Waals surface area contributed by atoms with E-state index in [2.05, 4.69) is 0 Å². The highest BCUT2D eigenvalue weighted by molar-refractivity contribution is 7.89.